The molecule has 0 aliphatic rings. The van der Waals surface area contributed by atoms with E-state index in [-0.39, 0.29) is 0 Å². The van der Waals surface area contributed by atoms with Gasteiger partial charge in [-0.3, -0.25) is 0 Å². The van der Waals surface area contributed by atoms with Crippen molar-refractivity contribution in [1.29, 1.82) is 0 Å². The summed E-state index contributed by atoms with van der Waals surface area (Å²) in [5, 5.41) is 2.00. The number of ether oxygens (including phenoxy) is 1. The smallest absolute Gasteiger partial charge is 0.220 e. The van der Waals surface area contributed by atoms with Gasteiger partial charge in [-0.1, -0.05) is 48.0 Å². The Morgan fingerprint density at radius 2 is 1.72 bits per heavy atom. The van der Waals surface area contributed by atoms with Gasteiger partial charge in [0, 0.05) is 16.7 Å². The van der Waals surface area contributed by atoms with Crippen LogP contribution in [0.15, 0.2) is 89.3 Å². The zero-order chi connectivity index (χ0) is 17.3. The lowest BCUT2D eigenvalue weighted by Gasteiger charge is -2.05. The quantitative estimate of drug-likeness (QED) is 0.338. The molecule has 0 N–H and O–H groups in total. The molecule has 0 radical (unpaired) electrons. The zero-order valence-corrected chi connectivity index (χ0v) is 15.7. The Bertz CT molecular complexity index is 844. The fraction of sp³-hybridized carbons (Fsp3) is 0.0500. The van der Waals surface area contributed by atoms with E-state index in [4.69, 9.17) is 16.3 Å². The van der Waals surface area contributed by atoms with Gasteiger partial charge in [0.05, 0.1) is 10.0 Å². The van der Waals surface area contributed by atoms with Crippen molar-refractivity contribution in [2.75, 3.05) is 0 Å². The van der Waals surface area contributed by atoms with Crippen molar-refractivity contribution < 1.29 is 4.74 Å². The summed E-state index contributed by atoms with van der Waals surface area (Å²) in [6.07, 6.45) is 1.89. The SMILES string of the molecule is Clc1ccc(CSC=CC(=Nc2ccccc2)Oc2ccccc2)s1. The molecule has 1 aromatic heterocycles. The second-order valence-electron chi connectivity index (χ2n) is 5.02. The maximum Gasteiger partial charge on any atom is 0.220 e. The van der Waals surface area contributed by atoms with Gasteiger partial charge in [-0.05, 0) is 41.8 Å². The summed E-state index contributed by atoms with van der Waals surface area (Å²) in [6.45, 7) is 0. The molecule has 0 saturated heterocycles. The summed E-state index contributed by atoms with van der Waals surface area (Å²) in [4.78, 5) is 5.82. The second kappa shape index (κ2) is 9.47. The lowest BCUT2D eigenvalue weighted by molar-refractivity contribution is 0.556. The molecule has 1 heterocycles. The van der Waals surface area contributed by atoms with Crippen LogP contribution in [0, 0.1) is 0 Å². The summed E-state index contributed by atoms with van der Waals surface area (Å²) in [7, 11) is 0. The molecule has 0 amide bonds. The molecule has 0 fully saturated rings. The van der Waals surface area contributed by atoms with Crippen LogP contribution in [-0.2, 0) is 5.75 Å². The van der Waals surface area contributed by atoms with Crippen molar-refractivity contribution in [2.45, 2.75) is 5.75 Å². The first-order valence-corrected chi connectivity index (χ1v) is 9.93. The van der Waals surface area contributed by atoms with Crippen molar-refractivity contribution in [3.63, 3.8) is 0 Å². The highest BCUT2D eigenvalue weighted by Crippen LogP contribution is 2.25. The third-order valence-electron chi connectivity index (χ3n) is 3.12. The van der Waals surface area contributed by atoms with E-state index >= 15 is 0 Å². The van der Waals surface area contributed by atoms with Crippen LogP contribution in [0.5, 0.6) is 5.75 Å². The van der Waals surface area contributed by atoms with Crippen LogP contribution < -0.4 is 4.74 Å². The fourth-order valence-corrected chi connectivity index (χ4v) is 3.89. The molecule has 0 aliphatic heterocycles. The molecule has 5 heteroatoms. The minimum absolute atomic E-state index is 0.550. The molecular weight excluding hydrogens is 370 g/mol. The maximum absolute atomic E-state index is 5.96. The largest absolute Gasteiger partial charge is 0.439 e. The number of para-hydroxylation sites is 2. The highest BCUT2D eigenvalue weighted by molar-refractivity contribution is 8.01. The molecule has 2 aromatic carbocycles. The Labute approximate surface area is 160 Å². The van der Waals surface area contributed by atoms with Crippen molar-refractivity contribution >= 4 is 46.3 Å². The Kier molecular flexibility index (Phi) is 6.74. The van der Waals surface area contributed by atoms with Gasteiger partial charge in [0.15, 0.2) is 0 Å². The molecule has 3 rings (SSSR count). The Morgan fingerprint density at radius 1 is 1.00 bits per heavy atom. The van der Waals surface area contributed by atoms with Gasteiger partial charge in [-0.15, -0.1) is 23.1 Å². The summed E-state index contributed by atoms with van der Waals surface area (Å²) in [5.41, 5.74) is 0.855. The lowest BCUT2D eigenvalue weighted by Crippen LogP contribution is -2.04. The summed E-state index contributed by atoms with van der Waals surface area (Å²) >= 11 is 9.24. The predicted octanol–water partition coefficient (Wildman–Crippen LogP) is 6.96. The molecule has 25 heavy (non-hydrogen) atoms. The molecular formula is C20H16ClNOS2. The normalized spacial score (nSPS) is 11.8. The minimum Gasteiger partial charge on any atom is -0.439 e. The third-order valence-corrected chi connectivity index (χ3v) is 5.34. The zero-order valence-electron chi connectivity index (χ0n) is 13.3. The van der Waals surface area contributed by atoms with Crippen LogP contribution in [0.4, 0.5) is 5.69 Å². The second-order valence-corrected chi connectivity index (χ2v) is 7.71. The Balaban J connectivity index is 1.69. The number of aliphatic imine (C=N–C) groups is 1. The standard InChI is InChI=1S/C20H16ClNOS2/c21-19-12-11-18(25-19)15-24-14-13-20(22-16-7-3-1-4-8-16)23-17-9-5-2-6-10-17/h1-14H,15H2. The van der Waals surface area contributed by atoms with E-state index in [1.807, 2.05) is 84.3 Å². The monoisotopic (exact) mass is 385 g/mol. The van der Waals surface area contributed by atoms with Crippen LogP contribution in [0.1, 0.15) is 4.88 Å². The third kappa shape index (κ3) is 6.09. The van der Waals surface area contributed by atoms with E-state index in [1.165, 1.54) is 4.88 Å². The van der Waals surface area contributed by atoms with Crippen molar-refractivity contribution in [3.8, 4) is 5.75 Å². The summed E-state index contributed by atoms with van der Waals surface area (Å²) < 4.78 is 6.72. The Hall–Kier alpha value is -2.01. The molecule has 3 aromatic rings. The van der Waals surface area contributed by atoms with Gasteiger partial charge in [0.1, 0.15) is 5.75 Å². The van der Waals surface area contributed by atoms with Crippen LogP contribution in [0.25, 0.3) is 0 Å². The van der Waals surface area contributed by atoms with E-state index in [9.17, 15) is 0 Å². The number of hydrogen-bond acceptors (Lipinski definition) is 4. The molecule has 0 spiro atoms. The Morgan fingerprint density at radius 3 is 2.40 bits per heavy atom. The van der Waals surface area contributed by atoms with Gasteiger partial charge in [0.2, 0.25) is 5.90 Å². The van der Waals surface area contributed by atoms with E-state index in [1.54, 1.807) is 23.1 Å². The molecule has 126 valence electrons. The molecule has 2 nitrogen and oxygen atoms in total. The van der Waals surface area contributed by atoms with E-state index in [0.717, 1.165) is 21.5 Å². The van der Waals surface area contributed by atoms with E-state index < -0.39 is 0 Å². The molecule has 0 bridgehead atoms. The van der Waals surface area contributed by atoms with Gasteiger partial charge < -0.3 is 4.74 Å². The average Bonchev–Trinajstić information content (AvgIpc) is 3.06. The van der Waals surface area contributed by atoms with Gasteiger partial charge in [-0.2, -0.15) is 0 Å². The first-order valence-electron chi connectivity index (χ1n) is 7.68. The molecule has 0 unspecified atom stereocenters. The van der Waals surface area contributed by atoms with Crippen molar-refractivity contribution in [1.82, 2.24) is 0 Å². The molecule has 0 saturated carbocycles. The number of hydrogen-bond donors (Lipinski definition) is 0. The molecule has 0 atom stereocenters. The van der Waals surface area contributed by atoms with Crippen LogP contribution in [0.3, 0.4) is 0 Å². The van der Waals surface area contributed by atoms with Gasteiger partial charge >= 0.3 is 0 Å². The van der Waals surface area contributed by atoms with Crippen molar-refractivity contribution in [3.05, 3.63) is 93.5 Å². The summed E-state index contributed by atoms with van der Waals surface area (Å²) in [6, 6.07) is 23.4. The number of rotatable bonds is 6. The number of thioether (sulfide) groups is 1. The minimum atomic E-state index is 0.550. The topological polar surface area (TPSA) is 21.6 Å². The lowest BCUT2D eigenvalue weighted by atomic mass is 10.3. The number of nitrogens with zero attached hydrogens (tertiary/aromatic N) is 1. The van der Waals surface area contributed by atoms with Crippen LogP contribution in [0.2, 0.25) is 4.34 Å². The first-order chi connectivity index (χ1) is 12.3. The maximum atomic E-state index is 5.96. The van der Waals surface area contributed by atoms with Crippen molar-refractivity contribution in [2.24, 2.45) is 4.99 Å². The van der Waals surface area contributed by atoms with Gasteiger partial charge in [-0.25, -0.2) is 4.99 Å². The fourth-order valence-electron chi connectivity index (χ4n) is 2.00. The number of halogens is 1. The van der Waals surface area contributed by atoms with E-state index in [2.05, 4.69) is 4.99 Å². The van der Waals surface area contributed by atoms with Gasteiger partial charge in [0.25, 0.3) is 0 Å². The highest BCUT2D eigenvalue weighted by atomic mass is 35.5. The van der Waals surface area contributed by atoms with Crippen LogP contribution in [-0.4, -0.2) is 5.90 Å². The highest BCUT2D eigenvalue weighted by Gasteiger charge is 2.01. The first kappa shape index (κ1) is 17.8. The van der Waals surface area contributed by atoms with E-state index in [0.29, 0.717) is 5.90 Å². The predicted molar refractivity (Wildman–Crippen MR) is 110 cm³/mol. The number of thiophene rings is 1. The molecule has 0 aliphatic carbocycles. The van der Waals surface area contributed by atoms with Crippen LogP contribution >= 0.6 is 34.7 Å². The summed E-state index contributed by atoms with van der Waals surface area (Å²) in [5.74, 6) is 2.18. The number of benzene rings is 2. The average molecular weight is 386 g/mol.